The number of alkyl halides is 15. The van der Waals surface area contributed by atoms with E-state index in [9.17, 15) is 65.9 Å². The minimum atomic E-state index is -9.26. The molecule has 134 valence electrons. The SMILES string of the molecule is FC(F)(F)[C](F)(F)[GeH]([C](F)(F)C(F)(F)F)[C](F)(F)C(F)(F)F. The van der Waals surface area contributed by atoms with Gasteiger partial charge < -0.3 is 0 Å². The van der Waals surface area contributed by atoms with Crippen molar-refractivity contribution in [1.82, 2.24) is 0 Å². The summed E-state index contributed by atoms with van der Waals surface area (Å²) in [6.07, 6.45) is -22.3. The molecule has 0 aromatic heterocycles. The van der Waals surface area contributed by atoms with Gasteiger partial charge in [-0.1, -0.05) is 0 Å². The van der Waals surface area contributed by atoms with Crippen molar-refractivity contribution in [2.45, 2.75) is 32.8 Å². The van der Waals surface area contributed by atoms with Crippen LogP contribution in [0.2, 0.25) is 0 Å². The van der Waals surface area contributed by atoms with E-state index in [0.29, 0.717) is 0 Å². The second-order valence-electron chi connectivity index (χ2n) is 3.80. The van der Waals surface area contributed by atoms with Crippen LogP contribution in [-0.4, -0.2) is 47.1 Å². The third kappa shape index (κ3) is 3.37. The van der Waals surface area contributed by atoms with Crippen molar-refractivity contribution in [1.29, 1.82) is 0 Å². The van der Waals surface area contributed by atoms with E-state index in [1.165, 1.54) is 0 Å². The van der Waals surface area contributed by atoms with Gasteiger partial charge in [0.05, 0.1) is 0 Å². The quantitative estimate of drug-likeness (QED) is 0.459. The normalized spacial score (nSPS) is 16.4. The molecule has 0 aromatic carbocycles. The predicted octanol–water partition coefficient (Wildman–Crippen LogP) is 4.42. The molecule has 0 bridgehead atoms. The van der Waals surface area contributed by atoms with E-state index in [1.807, 2.05) is 0 Å². The molecule has 0 saturated carbocycles. The fraction of sp³-hybridized carbons (Fsp3) is 1.00. The van der Waals surface area contributed by atoms with Crippen LogP contribution in [0.1, 0.15) is 0 Å². The first-order valence-corrected chi connectivity index (χ1v) is 8.08. The average molecular weight is 431 g/mol. The third-order valence-electron chi connectivity index (χ3n) is 2.22. The molecule has 0 nitrogen and oxygen atoms in total. The molecule has 0 fully saturated rings. The molecule has 0 unspecified atom stereocenters. The molecule has 22 heavy (non-hydrogen) atoms. The number of rotatable bonds is 3. The van der Waals surface area contributed by atoms with E-state index in [2.05, 4.69) is 0 Å². The van der Waals surface area contributed by atoms with Gasteiger partial charge in [0, 0.05) is 0 Å². The molecule has 0 aliphatic carbocycles. The molecule has 0 rings (SSSR count). The van der Waals surface area contributed by atoms with Gasteiger partial charge in [-0.2, -0.15) is 0 Å². The van der Waals surface area contributed by atoms with Gasteiger partial charge in [0.1, 0.15) is 0 Å². The fourth-order valence-corrected chi connectivity index (χ4v) is 6.10. The van der Waals surface area contributed by atoms with E-state index in [0.717, 1.165) is 0 Å². The van der Waals surface area contributed by atoms with Gasteiger partial charge in [-0.05, 0) is 0 Å². The van der Waals surface area contributed by atoms with Gasteiger partial charge in [0.25, 0.3) is 0 Å². The summed E-state index contributed by atoms with van der Waals surface area (Å²) in [5, 5.41) is 0. The molecule has 0 amide bonds. The monoisotopic (exact) mass is 432 g/mol. The van der Waals surface area contributed by atoms with Crippen molar-refractivity contribution in [2.75, 3.05) is 0 Å². The summed E-state index contributed by atoms with van der Waals surface area (Å²) in [6, 6.07) is 0. The summed E-state index contributed by atoms with van der Waals surface area (Å²) >= 11 is -9.26. The van der Waals surface area contributed by atoms with E-state index >= 15 is 0 Å². The van der Waals surface area contributed by atoms with Gasteiger partial charge in [0.2, 0.25) is 0 Å². The molecular weight excluding hydrogens is 430 g/mol. The van der Waals surface area contributed by atoms with Gasteiger partial charge >= 0.3 is 113 Å². The summed E-state index contributed by atoms with van der Waals surface area (Å²) in [5.41, 5.74) is 0. The van der Waals surface area contributed by atoms with Crippen LogP contribution in [0, 0.1) is 0 Å². The van der Waals surface area contributed by atoms with Crippen LogP contribution < -0.4 is 0 Å². The Hall–Kier alpha value is -0.507. The Balaban J connectivity index is 6.53. The molecule has 0 saturated heterocycles. The average Bonchev–Trinajstić information content (AvgIpc) is 2.09. The van der Waals surface area contributed by atoms with Crippen LogP contribution in [0.4, 0.5) is 65.9 Å². The van der Waals surface area contributed by atoms with Crippen molar-refractivity contribution in [3.8, 4) is 0 Å². The van der Waals surface area contributed by atoms with Crippen molar-refractivity contribution in [2.24, 2.45) is 0 Å². The summed E-state index contributed by atoms with van der Waals surface area (Å²) < 4.78 is 160. The molecule has 16 heteroatoms. The van der Waals surface area contributed by atoms with Crippen LogP contribution in [0.25, 0.3) is 0 Å². The summed E-state index contributed by atoms with van der Waals surface area (Å²) in [4.78, 5) is 0. The van der Waals surface area contributed by atoms with Crippen LogP contribution in [0.5, 0.6) is 0 Å². The van der Waals surface area contributed by atoms with Crippen molar-refractivity contribution in [3.63, 3.8) is 0 Å². The van der Waals surface area contributed by atoms with Crippen LogP contribution in [0.3, 0.4) is 0 Å². The molecule has 0 radical (unpaired) electrons. The molecule has 0 spiro atoms. The first-order valence-electron chi connectivity index (χ1n) is 4.45. The Bertz CT molecular complexity index is 334. The fourth-order valence-electron chi connectivity index (χ4n) is 1.17. The number of hydrogen-bond donors (Lipinski definition) is 0. The second-order valence-corrected chi connectivity index (χ2v) is 10.2. The topological polar surface area (TPSA) is 0 Å². The van der Waals surface area contributed by atoms with Crippen molar-refractivity contribution >= 4 is 14.3 Å². The zero-order valence-corrected chi connectivity index (χ0v) is 11.7. The Kier molecular flexibility index (Phi) is 5.13. The molecule has 0 aliphatic rings. The Labute approximate surface area is 114 Å². The van der Waals surface area contributed by atoms with Gasteiger partial charge in [0.15, 0.2) is 0 Å². The molecule has 0 heterocycles. The summed E-state index contributed by atoms with van der Waals surface area (Å²) in [6.45, 7) is 0. The standard InChI is InChI=1S/C6HF15Ge/c7-1(8,9)4(16,17)22(5(18,19)2(10,11)12)6(20,21)3(13,14)15/h22H. The van der Waals surface area contributed by atoms with Crippen molar-refractivity contribution in [3.05, 3.63) is 0 Å². The zero-order chi connectivity index (χ0) is 18.6. The molecule has 0 aromatic rings. The summed E-state index contributed by atoms with van der Waals surface area (Å²) in [5.74, 6) is 0. The van der Waals surface area contributed by atoms with Gasteiger partial charge in [-0.25, -0.2) is 0 Å². The molecule has 0 N–H and O–H groups in total. The van der Waals surface area contributed by atoms with Crippen LogP contribution >= 0.6 is 0 Å². The maximum absolute atomic E-state index is 12.6. The molecule has 0 aliphatic heterocycles. The van der Waals surface area contributed by atoms with Crippen LogP contribution in [-0.2, 0) is 0 Å². The molecular formula is C6HF15Ge. The number of hydrogen-bond acceptors (Lipinski definition) is 0. The van der Waals surface area contributed by atoms with E-state index in [1.54, 1.807) is 0 Å². The Morgan fingerprint density at radius 1 is 0.318 bits per heavy atom. The third-order valence-corrected chi connectivity index (χ3v) is 8.85. The van der Waals surface area contributed by atoms with Gasteiger partial charge in [-0.15, -0.1) is 0 Å². The van der Waals surface area contributed by atoms with E-state index in [4.69, 9.17) is 0 Å². The minimum absolute atomic E-state index is 7.44. The zero-order valence-electron chi connectivity index (χ0n) is 9.25. The summed E-state index contributed by atoms with van der Waals surface area (Å²) in [7, 11) is 0. The second kappa shape index (κ2) is 5.26. The first-order chi connectivity index (χ1) is 9.12. The molecule has 0 atom stereocenters. The Morgan fingerprint density at radius 2 is 0.455 bits per heavy atom. The van der Waals surface area contributed by atoms with Gasteiger partial charge in [-0.3, -0.25) is 0 Å². The maximum atomic E-state index is 12.6. The first kappa shape index (κ1) is 21.5. The Morgan fingerprint density at radius 3 is 0.545 bits per heavy atom. The van der Waals surface area contributed by atoms with Crippen molar-refractivity contribution < 1.29 is 65.9 Å². The van der Waals surface area contributed by atoms with E-state index < -0.39 is 47.1 Å². The predicted molar refractivity (Wildman–Crippen MR) is 40.2 cm³/mol. The number of halogens is 15. The van der Waals surface area contributed by atoms with Crippen LogP contribution in [0.15, 0.2) is 0 Å². The van der Waals surface area contributed by atoms with E-state index in [-0.39, 0.29) is 0 Å².